The quantitative estimate of drug-likeness (QED) is 0.759. The van der Waals surface area contributed by atoms with Gasteiger partial charge in [0.2, 0.25) is 5.91 Å². The van der Waals surface area contributed by atoms with Gasteiger partial charge < -0.3 is 19.9 Å². The number of carboxylic acid groups (broad SMARTS) is 1. The molecule has 0 fully saturated rings. The number of ether oxygens (including phenoxy) is 2. The number of amides is 1. The molecule has 2 N–H and O–H groups in total. The Morgan fingerprint density at radius 1 is 1.04 bits per heavy atom. The Kier molecular flexibility index (Phi) is 6.60. The van der Waals surface area contributed by atoms with Crippen molar-refractivity contribution in [1.29, 1.82) is 0 Å². The van der Waals surface area contributed by atoms with E-state index < -0.39 is 17.9 Å². The van der Waals surface area contributed by atoms with E-state index in [1.54, 1.807) is 57.5 Å². The summed E-state index contributed by atoms with van der Waals surface area (Å²) >= 11 is 0. The second kappa shape index (κ2) is 8.89. The summed E-state index contributed by atoms with van der Waals surface area (Å²) in [6.45, 7) is 1.76. The number of methoxy groups -OCH3 is 2. The fourth-order valence-corrected chi connectivity index (χ4v) is 2.67. The van der Waals surface area contributed by atoms with Gasteiger partial charge in [0.05, 0.1) is 14.2 Å². The van der Waals surface area contributed by atoms with Crippen LogP contribution in [-0.2, 0) is 16.0 Å². The van der Waals surface area contributed by atoms with Crippen LogP contribution in [-0.4, -0.2) is 31.2 Å². The Labute approximate surface area is 152 Å². The minimum Gasteiger partial charge on any atom is -0.493 e. The molecule has 0 aromatic heterocycles. The summed E-state index contributed by atoms with van der Waals surface area (Å²) in [5, 5.41) is 12.0. The summed E-state index contributed by atoms with van der Waals surface area (Å²) in [5.41, 5.74) is 1.43. The molecule has 2 rings (SSSR count). The number of benzene rings is 2. The number of rotatable bonds is 8. The second-order valence-electron chi connectivity index (χ2n) is 5.99. The van der Waals surface area contributed by atoms with Crippen molar-refractivity contribution in [2.75, 3.05) is 14.2 Å². The van der Waals surface area contributed by atoms with E-state index in [2.05, 4.69) is 5.32 Å². The average Bonchev–Trinajstić information content (AvgIpc) is 2.66. The minimum atomic E-state index is -1.09. The summed E-state index contributed by atoms with van der Waals surface area (Å²) in [6, 6.07) is 13.0. The summed E-state index contributed by atoms with van der Waals surface area (Å²) in [6.07, 6.45) is 0.452. The third-order valence-electron chi connectivity index (χ3n) is 4.10. The van der Waals surface area contributed by atoms with Crippen molar-refractivity contribution >= 4 is 11.9 Å². The molecule has 0 aliphatic heterocycles. The van der Waals surface area contributed by atoms with E-state index in [4.69, 9.17) is 9.47 Å². The lowest BCUT2D eigenvalue weighted by molar-refractivity contribution is -0.142. The van der Waals surface area contributed by atoms with Crippen molar-refractivity contribution < 1.29 is 24.2 Å². The van der Waals surface area contributed by atoms with Crippen molar-refractivity contribution in [3.63, 3.8) is 0 Å². The number of carbonyl (C=O) groups is 2. The van der Waals surface area contributed by atoms with Crippen LogP contribution in [0.5, 0.6) is 11.5 Å². The lowest BCUT2D eigenvalue weighted by Gasteiger charge is -2.18. The molecule has 2 aromatic carbocycles. The molecular weight excluding hydrogens is 334 g/mol. The molecule has 0 spiro atoms. The predicted octanol–water partition coefficient (Wildman–Crippen LogP) is 2.82. The molecule has 2 atom stereocenters. The molecule has 0 saturated heterocycles. The third-order valence-corrected chi connectivity index (χ3v) is 4.10. The fraction of sp³-hybridized carbons (Fsp3) is 0.300. The maximum absolute atomic E-state index is 12.5. The Bertz CT molecular complexity index is 760. The van der Waals surface area contributed by atoms with E-state index in [9.17, 15) is 14.7 Å². The largest absolute Gasteiger partial charge is 0.493 e. The van der Waals surface area contributed by atoms with Gasteiger partial charge in [-0.2, -0.15) is 0 Å². The molecule has 6 heteroatoms. The molecular formula is C20H23NO5. The molecule has 6 nitrogen and oxygen atoms in total. The van der Waals surface area contributed by atoms with Crippen molar-refractivity contribution in [2.45, 2.75) is 19.4 Å². The van der Waals surface area contributed by atoms with Gasteiger partial charge in [0.15, 0.2) is 17.5 Å². The first-order chi connectivity index (χ1) is 12.5. The van der Waals surface area contributed by atoms with Gasteiger partial charge in [0.1, 0.15) is 0 Å². The molecule has 26 heavy (non-hydrogen) atoms. The first kappa shape index (κ1) is 19.3. The van der Waals surface area contributed by atoms with Crippen molar-refractivity contribution in [3.8, 4) is 11.5 Å². The molecule has 0 radical (unpaired) electrons. The van der Waals surface area contributed by atoms with Crippen molar-refractivity contribution in [2.24, 2.45) is 5.92 Å². The molecule has 0 saturated carbocycles. The maximum Gasteiger partial charge on any atom is 0.330 e. The molecule has 1 amide bonds. The second-order valence-corrected chi connectivity index (χ2v) is 5.99. The summed E-state index contributed by atoms with van der Waals surface area (Å²) < 4.78 is 10.5. The normalized spacial score (nSPS) is 12.7. The SMILES string of the molecule is COc1ccc(CC(C)C(=O)N[C@H](C(=O)O)c2ccccc2)cc1OC. The number of carboxylic acids is 1. The first-order valence-electron chi connectivity index (χ1n) is 8.25. The number of hydrogen-bond acceptors (Lipinski definition) is 4. The van der Waals surface area contributed by atoms with Gasteiger partial charge in [-0.1, -0.05) is 43.3 Å². The van der Waals surface area contributed by atoms with Gasteiger partial charge in [0.25, 0.3) is 0 Å². The van der Waals surface area contributed by atoms with Crippen LogP contribution >= 0.6 is 0 Å². The number of hydrogen-bond donors (Lipinski definition) is 2. The van der Waals surface area contributed by atoms with E-state index in [-0.39, 0.29) is 5.91 Å². The molecule has 0 aliphatic carbocycles. The van der Waals surface area contributed by atoms with Gasteiger partial charge in [0, 0.05) is 5.92 Å². The fourth-order valence-electron chi connectivity index (χ4n) is 2.67. The lowest BCUT2D eigenvalue weighted by Crippen LogP contribution is -2.37. The number of carbonyl (C=O) groups excluding carboxylic acids is 1. The zero-order valence-corrected chi connectivity index (χ0v) is 15.1. The van der Waals surface area contributed by atoms with E-state index in [0.717, 1.165) is 5.56 Å². The topological polar surface area (TPSA) is 84.9 Å². The number of aliphatic carboxylic acids is 1. The molecule has 1 unspecified atom stereocenters. The summed E-state index contributed by atoms with van der Waals surface area (Å²) in [4.78, 5) is 24.0. The summed E-state index contributed by atoms with van der Waals surface area (Å²) in [7, 11) is 3.11. The van der Waals surface area contributed by atoms with Gasteiger partial charge >= 0.3 is 5.97 Å². The highest BCUT2D eigenvalue weighted by molar-refractivity contribution is 5.85. The van der Waals surface area contributed by atoms with Crippen LogP contribution in [0.2, 0.25) is 0 Å². The Morgan fingerprint density at radius 3 is 2.27 bits per heavy atom. The van der Waals surface area contributed by atoms with Gasteiger partial charge in [-0.15, -0.1) is 0 Å². The van der Waals surface area contributed by atoms with Crippen LogP contribution in [0.4, 0.5) is 0 Å². The Balaban J connectivity index is 2.08. The minimum absolute atomic E-state index is 0.323. The smallest absolute Gasteiger partial charge is 0.330 e. The Morgan fingerprint density at radius 2 is 1.69 bits per heavy atom. The molecule has 138 valence electrons. The molecule has 2 aromatic rings. The zero-order chi connectivity index (χ0) is 19.1. The molecule has 0 aliphatic rings. The Hall–Kier alpha value is -3.02. The lowest BCUT2D eigenvalue weighted by atomic mass is 9.98. The third kappa shape index (κ3) is 4.75. The zero-order valence-electron chi connectivity index (χ0n) is 15.1. The van der Waals surface area contributed by atoms with E-state index >= 15 is 0 Å². The van der Waals surface area contributed by atoms with Crippen molar-refractivity contribution in [1.82, 2.24) is 5.32 Å². The number of nitrogens with one attached hydrogen (secondary N) is 1. The monoisotopic (exact) mass is 357 g/mol. The van der Waals surface area contributed by atoms with Crippen LogP contribution in [0.25, 0.3) is 0 Å². The predicted molar refractivity (Wildman–Crippen MR) is 97.4 cm³/mol. The van der Waals surface area contributed by atoms with Crippen LogP contribution in [0.1, 0.15) is 24.1 Å². The van der Waals surface area contributed by atoms with Crippen LogP contribution in [0.3, 0.4) is 0 Å². The standard InChI is InChI=1S/C20H23NO5/c1-13(11-14-9-10-16(25-2)17(12-14)26-3)19(22)21-18(20(23)24)15-7-5-4-6-8-15/h4-10,12-13,18H,11H2,1-3H3,(H,21,22)(H,23,24)/t13?,18-/m0/s1. The average molecular weight is 357 g/mol. The van der Waals surface area contributed by atoms with Crippen LogP contribution in [0, 0.1) is 5.92 Å². The van der Waals surface area contributed by atoms with E-state index in [1.807, 2.05) is 12.1 Å². The van der Waals surface area contributed by atoms with Crippen molar-refractivity contribution in [3.05, 3.63) is 59.7 Å². The van der Waals surface area contributed by atoms with Gasteiger partial charge in [-0.3, -0.25) is 4.79 Å². The van der Waals surface area contributed by atoms with Gasteiger partial charge in [-0.25, -0.2) is 4.79 Å². The van der Waals surface area contributed by atoms with E-state index in [0.29, 0.717) is 23.5 Å². The molecule has 0 heterocycles. The highest BCUT2D eigenvalue weighted by Crippen LogP contribution is 2.28. The highest BCUT2D eigenvalue weighted by atomic mass is 16.5. The molecule has 0 bridgehead atoms. The highest BCUT2D eigenvalue weighted by Gasteiger charge is 2.24. The van der Waals surface area contributed by atoms with Gasteiger partial charge in [-0.05, 0) is 29.7 Å². The van der Waals surface area contributed by atoms with Crippen LogP contribution in [0.15, 0.2) is 48.5 Å². The summed E-state index contributed by atoms with van der Waals surface area (Å²) in [5.74, 6) is -0.619. The first-order valence-corrected chi connectivity index (χ1v) is 8.25. The van der Waals surface area contributed by atoms with E-state index in [1.165, 1.54) is 0 Å². The maximum atomic E-state index is 12.5. The van der Waals surface area contributed by atoms with Crippen LogP contribution < -0.4 is 14.8 Å².